The molecule has 0 fully saturated rings. The maximum absolute atomic E-state index is 12.2. The van der Waals surface area contributed by atoms with Crippen LogP contribution in [0.3, 0.4) is 0 Å². The van der Waals surface area contributed by atoms with Gasteiger partial charge in [0.2, 0.25) is 0 Å². The van der Waals surface area contributed by atoms with Gasteiger partial charge in [0.25, 0.3) is 5.56 Å². The third kappa shape index (κ3) is 2.46. The Morgan fingerprint density at radius 3 is 2.78 bits per heavy atom. The van der Waals surface area contributed by atoms with E-state index in [2.05, 4.69) is 23.5 Å². The van der Waals surface area contributed by atoms with Gasteiger partial charge < -0.3 is 9.88 Å². The fourth-order valence-corrected chi connectivity index (χ4v) is 2.28. The molecule has 0 spiro atoms. The number of rotatable bonds is 4. The smallest absolute Gasteiger partial charge is 0.253 e. The summed E-state index contributed by atoms with van der Waals surface area (Å²) in [4.78, 5) is 12.2. The van der Waals surface area contributed by atoms with Gasteiger partial charge in [-0.05, 0) is 56.4 Å². The first kappa shape index (κ1) is 12.8. The molecule has 0 atom stereocenters. The van der Waals surface area contributed by atoms with E-state index in [1.165, 1.54) is 5.56 Å². The maximum Gasteiger partial charge on any atom is 0.253 e. The van der Waals surface area contributed by atoms with Crippen LogP contribution in [-0.4, -0.2) is 18.2 Å². The second-order valence-electron chi connectivity index (χ2n) is 4.80. The first-order valence-electron chi connectivity index (χ1n) is 6.37. The fraction of sp³-hybridized carbons (Fsp3) is 0.400. The molecule has 0 aliphatic rings. The highest BCUT2D eigenvalue weighted by Gasteiger charge is 2.06. The highest BCUT2D eigenvalue weighted by Crippen LogP contribution is 2.15. The molecule has 0 radical (unpaired) electrons. The van der Waals surface area contributed by atoms with Crippen LogP contribution in [0.5, 0.6) is 0 Å². The summed E-state index contributed by atoms with van der Waals surface area (Å²) in [6, 6.07) is 8.27. The Kier molecular flexibility index (Phi) is 3.82. The van der Waals surface area contributed by atoms with Crippen LogP contribution in [0.2, 0.25) is 0 Å². The Morgan fingerprint density at radius 1 is 1.28 bits per heavy atom. The van der Waals surface area contributed by atoms with Gasteiger partial charge in [0.05, 0.1) is 5.52 Å². The molecule has 3 nitrogen and oxygen atoms in total. The molecule has 3 heteroatoms. The second-order valence-corrected chi connectivity index (χ2v) is 4.80. The molecular formula is C15H20N2O. The van der Waals surface area contributed by atoms with Crippen molar-refractivity contribution >= 4 is 10.9 Å². The normalized spacial score (nSPS) is 11.1. The van der Waals surface area contributed by atoms with Crippen molar-refractivity contribution in [2.75, 3.05) is 13.6 Å². The number of hydrogen-bond donors (Lipinski definition) is 1. The van der Waals surface area contributed by atoms with Crippen molar-refractivity contribution in [1.82, 2.24) is 9.88 Å². The Balaban J connectivity index is 2.47. The molecule has 2 rings (SSSR count). The van der Waals surface area contributed by atoms with Gasteiger partial charge in [-0.3, -0.25) is 4.79 Å². The molecule has 1 aromatic carbocycles. The molecule has 2 aromatic rings. The Labute approximate surface area is 107 Å². The second kappa shape index (κ2) is 5.36. The lowest BCUT2D eigenvalue weighted by Gasteiger charge is -2.09. The molecule has 0 aliphatic heterocycles. The summed E-state index contributed by atoms with van der Waals surface area (Å²) < 4.78 is 1.76. The van der Waals surface area contributed by atoms with Crippen LogP contribution < -0.4 is 10.9 Å². The first-order chi connectivity index (χ1) is 8.63. The van der Waals surface area contributed by atoms with E-state index in [0.717, 1.165) is 35.9 Å². The lowest BCUT2D eigenvalue weighted by Crippen LogP contribution is -2.22. The molecule has 1 N–H and O–H groups in total. The summed E-state index contributed by atoms with van der Waals surface area (Å²) in [6.45, 7) is 2.99. The number of nitrogens with one attached hydrogen (secondary N) is 1. The molecule has 96 valence electrons. The molecule has 1 heterocycles. The monoisotopic (exact) mass is 244 g/mol. The van der Waals surface area contributed by atoms with Crippen molar-refractivity contribution in [1.29, 1.82) is 0 Å². The number of nitrogens with zero attached hydrogens (tertiary/aromatic N) is 1. The molecule has 0 amide bonds. The topological polar surface area (TPSA) is 34.0 Å². The number of aromatic nitrogens is 1. The molecule has 0 aliphatic carbocycles. The zero-order valence-electron chi connectivity index (χ0n) is 11.3. The van der Waals surface area contributed by atoms with E-state index in [1.54, 1.807) is 4.57 Å². The third-order valence-electron chi connectivity index (χ3n) is 3.33. The van der Waals surface area contributed by atoms with Gasteiger partial charge >= 0.3 is 0 Å². The molecule has 0 saturated carbocycles. The van der Waals surface area contributed by atoms with Gasteiger partial charge in [0.1, 0.15) is 0 Å². The minimum atomic E-state index is 0.129. The molecule has 1 aromatic heterocycles. The van der Waals surface area contributed by atoms with Crippen LogP contribution in [0.4, 0.5) is 0 Å². The van der Waals surface area contributed by atoms with E-state index in [4.69, 9.17) is 0 Å². The number of aryl methyl sites for hydroxylation is 3. The van der Waals surface area contributed by atoms with Crippen LogP contribution in [0, 0.1) is 6.92 Å². The maximum atomic E-state index is 12.2. The highest BCUT2D eigenvalue weighted by atomic mass is 16.1. The number of pyridine rings is 1. The van der Waals surface area contributed by atoms with Gasteiger partial charge in [-0.15, -0.1) is 0 Å². The number of benzene rings is 1. The minimum Gasteiger partial charge on any atom is -0.320 e. The average Bonchev–Trinajstić information content (AvgIpc) is 2.36. The van der Waals surface area contributed by atoms with Gasteiger partial charge in [-0.2, -0.15) is 0 Å². The van der Waals surface area contributed by atoms with Crippen molar-refractivity contribution in [3.05, 3.63) is 45.7 Å². The zero-order valence-corrected chi connectivity index (χ0v) is 11.3. The SMILES string of the molecule is CNCCCc1cc2ccc(C)cc2n(C)c1=O. The van der Waals surface area contributed by atoms with Gasteiger partial charge in [-0.25, -0.2) is 0 Å². The summed E-state index contributed by atoms with van der Waals surface area (Å²) in [5.74, 6) is 0. The van der Waals surface area contributed by atoms with E-state index in [0.29, 0.717) is 0 Å². The Morgan fingerprint density at radius 2 is 2.06 bits per heavy atom. The van der Waals surface area contributed by atoms with E-state index in [9.17, 15) is 4.79 Å². The van der Waals surface area contributed by atoms with Crippen molar-refractivity contribution in [3.63, 3.8) is 0 Å². The summed E-state index contributed by atoms with van der Waals surface area (Å²) in [5.41, 5.74) is 3.23. The number of hydrogen-bond acceptors (Lipinski definition) is 2. The van der Waals surface area contributed by atoms with Gasteiger partial charge in [-0.1, -0.05) is 12.1 Å². The highest BCUT2D eigenvalue weighted by molar-refractivity contribution is 5.80. The molecule has 0 saturated heterocycles. The predicted octanol–water partition coefficient (Wildman–Crippen LogP) is 2.00. The van der Waals surface area contributed by atoms with E-state index < -0.39 is 0 Å². The van der Waals surface area contributed by atoms with Gasteiger partial charge in [0.15, 0.2) is 0 Å². The minimum absolute atomic E-state index is 0.129. The van der Waals surface area contributed by atoms with Crippen molar-refractivity contribution < 1.29 is 0 Å². The quantitative estimate of drug-likeness (QED) is 0.835. The van der Waals surface area contributed by atoms with Crippen LogP contribution in [-0.2, 0) is 13.5 Å². The van der Waals surface area contributed by atoms with Crippen molar-refractivity contribution in [3.8, 4) is 0 Å². The lowest BCUT2D eigenvalue weighted by atomic mass is 10.1. The number of fused-ring (bicyclic) bond motifs is 1. The Bertz CT molecular complexity index is 614. The fourth-order valence-electron chi connectivity index (χ4n) is 2.28. The van der Waals surface area contributed by atoms with E-state index in [1.807, 2.05) is 27.1 Å². The summed E-state index contributed by atoms with van der Waals surface area (Å²) in [6.07, 6.45) is 1.82. The first-order valence-corrected chi connectivity index (χ1v) is 6.37. The van der Waals surface area contributed by atoms with Crippen LogP contribution in [0.25, 0.3) is 10.9 Å². The molecular weight excluding hydrogens is 224 g/mol. The molecule has 0 bridgehead atoms. The van der Waals surface area contributed by atoms with Crippen molar-refractivity contribution in [2.45, 2.75) is 19.8 Å². The van der Waals surface area contributed by atoms with Crippen LogP contribution in [0.1, 0.15) is 17.5 Å². The summed E-state index contributed by atoms with van der Waals surface area (Å²) >= 11 is 0. The summed E-state index contributed by atoms with van der Waals surface area (Å²) in [7, 11) is 3.78. The van der Waals surface area contributed by atoms with Crippen LogP contribution >= 0.6 is 0 Å². The van der Waals surface area contributed by atoms with E-state index >= 15 is 0 Å². The standard InChI is InChI=1S/C15H20N2O/c1-11-6-7-12-10-13(5-4-8-16-2)15(18)17(3)14(12)9-11/h6-7,9-10,16H,4-5,8H2,1-3H3. The summed E-state index contributed by atoms with van der Waals surface area (Å²) in [5, 5.41) is 4.25. The largest absolute Gasteiger partial charge is 0.320 e. The zero-order chi connectivity index (χ0) is 13.1. The average molecular weight is 244 g/mol. The van der Waals surface area contributed by atoms with Gasteiger partial charge in [0, 0.05) is 12.6 Å². The molecule has 18 heavy (non-hydrogen) atoms. The molecule has 0 unspecified atom stereocenters. The predicted molar refractivity (Wildman–Crippen MR) is 76.2 cm³/mol. The van der Waals surface area contributed by atoms with E-state index in [-0.39, 0.29) is 5.56 Å². The third-order valence-corrected chi connectivity index (χ3v) is 3.33. The Hall–Kier alpha value is -1.61. The lowest BCUT2D eigenvalue weighted by molar-refractivity contribution is 0.716. The van der Waals surface area contributed by atoms with Crippen LogP contribution in [0.15, 0.2) is 29.1 Å². The van der Waals surface area contributed by atoms with Crippen molar-refractivity contribution in [2.24, 2.45) is 7.05 Å².